The van der Waals surface area contributed by atoms with Gasteiger partial charge in [-0.15, -0.1) is 0 Å². The number of ether oxygens (including phenoxy) is 2. The van der Waals surface area contributed by atoms with Crippen molar-refractivity contribution in [3.8, 4) is 0 Å². The fourth-order valence-electron chi connectivity index (χ4n) is 3.25. The second-order valence-electron chi connectivity index (χ2n) is 6.66. The van der Waals surface area contributed by atoms with E-state index in [1.807, 2.05) is 0 Å². The summed E-state index contributed by atoms with van der Waals surface area (Å²) in [4.78, 5) is 0. The van der Waals surface area contributed by atoms with Gasteiger partial charge in [-0.25, -0.2) is 0 Å². The van der Waals surface area contributed by atoms with Crippen molar-refractivity contribution in [3.63, 3.8) is 0 Å². The number of rotatable bonds is 10. The van der Waals surface area contributed by atoms with Crippen LogP contribution in [0.5, 0.6) is 0 Å². The lowest BCUT2D eigenvalue weighted by atomic mass is 9.89. The van der Waals surface area contributed by atoms with Crippen molar-refractivity contribution in [2.45, 2.75) is 102 Å². The van der Waals surface area contributed by atoms with Gasteiger partial charge in [0, 0.05) is 13.0 Å². The predicted molar refractivity (Wildman–Crippen MR) is 79.5 cm³/mol. The molecule has 0 amide bonds. The van der Waals surface area contributed by atoms with Gasteiger partial charge in [-0.05, 0) is 26.2 Å². The molecule has 1 heterocycles. The van der Waals surface area contributed by atoms with E-state index in [0.29, 0.717) is 12.2 Å². The molecule has 0 aromatic heterocycles. The van der Waals surface area contributed by atoms with Gasteiger partial charge in [-0.3, -0.25) is 0 Å². The van der Waals surface area contributed by atoms with Crippen LogP contribution in [0.2, 0.25) is 0 Å². The van der Waals surface area contributed by atoms with Crippen molar-refractivity contribution in [3.05, 3.63) is 0 Å². The highest BCUT2D eigenvalue weighted by atomic mass is 16.6. The Kier molecular flexibility index (Phi) is 6.15. The van der Waals surface area contributed by atoms with E-state index >= 15 is 0 Å². The van der Waals surface area contributed by atoms with Gasteiger partial charge >= 0.3 is 0 Å². The Labute approximate surface area is 119 Å². The van der Waals surface area contributed by atoms with Crippen molar-refractivity contribution < 1.29 is 9.47 Å². The molecule has 2 nitrogen and oxygen atoms in total. The second-order valence-corrected chi connectivity index (χ2v) is 6.66. The van der Waals surface area contributed by atoms with Gasteiger partial charge in [-0.1, -0.05) is 51.9 Å². The minimum Gasteiger partial charge on any atom is -0.378 e. The van der Waals surface area contributed by atoms with Gasteiger partial charge < -0.3 is 9.47 Å². The maximum absolute atomic E-state index is 5.99. The fourth-order valence-corrected chi connectivity index (χ4v) is 3.25. The molecule has 19 heavy (non-hydrogen) atoms. The molecule has 1 aliphatic carbocycles. The summed E-state index contributed by atoms with van der Waals surface area (Å²) < 4.78 is 11.7. The molecule has 2 aliphatic rings. The fraction of sp³-hybridized carbons (Fsp3) is 1.00. The molecule has 3 unspecified atom stereocenters. The molecule has 1 saturated carbocycles. The molecule has 2 rings (SSSR count). The minimum absolute atomic E-state index is 0.234. The van der Waals surface area contributed by atoms with Crippen molar-refractivity contribution >= 4 is 0 Å². The standard InChI is InChI=1S/C17H32O2/c1-3-4-5-6-7-8-9-10-13-18-15-11-12-17(2)16(14-15)19-17/h15-16H,3-14H2,1-2H3. The van der Waals surface area contributed by atoms with E-state index in [9.17, 15) is 0 Å². The Morgan fingerprint density at radius 1 is 1.05 bits per heavy atom. The summed E-state index contributed by atoms with van der Waals surface area (Å²) in [6.45, 7) is 5.48. The smallest absolute Gasteiger partial charge is 0.0922 e. The van der Waals surface area contributed by atoms with Crippen molar-refractivity contribution in [1.29, 1.82) is 0 Å². The largest absolute Gasteiger partial charge is 0.378 e. The van der Waals surface area contributed by atoms with E-state index in [2.05, 4.69) is 13.8 Å². The molecular formula is C17H32O2. The molecule has 1 saturated heterocycles. The maximum atomic E-state index is 5.99. The summed E-state index contributed by atoms with van der Waals surface area (Å²) in [6.07, 6.45) is 15.5. The molecule has 112 valence electrons. The first kappa shape index (κ1) is 15.3. The average Bonchev–Trinajstić information content (AvgIpc) is 3.08. The zero-order valence-corrected chi connectivity index (χ0v) is 13.0. The van der Waals surface area contributed by atoms with Crippen LogP contribution in [0.3, 0.4) is 0 Å². The van der Waals surface area contributed by atoms with Gasteiger partial charge in [0.05, 0.1) is 17.8 Å². The first-order valence-electron chi connectivity index (χ1n) is 8.54. The zero-order chi connectivity index (χ0) is 13.6. The van der Waals surface area contributed by atoms with Crippen LogP contribution in [0.4, 0.5) is 0 Å². The zero-order valence-electron chi connectivity index (χ0n) is 13.0. The summed E-state index contributed by atoms with van der Waals surface area (Å²) >= 11 is 0. The van der Waals surface area contributed by atoms with E-state index < -0.39 is 0 Å². The lowest BCUT2D eigenvalue weighted by Crippen LogP contribution is -2.27. The molecule has 2 fully saturated rings. The predicted octanol–water partition coefficient (Wildman–Crippen LogP) is 4.85. The molecule has 0 aromatic carbocycles. The summed E-state index contributed by atoms with van der Waals surface area (Å²) in [5.74, 6) is 0. The van der Waals surface area contributed by atoms with Crippen LogP contribution in [-0.2, 0) is 9.47 Å². The third kappa shape index (κ3) is 5.07. The second kappa shape index (κ2) is 7.64. The first-order chi connectivity index (χ1) is 9.24. The Bertz CT molecular complexity index is 254. The summed E-state index contributed by atoms with van der Waals surface area (Å²) in [5.41, 5.74) is 0.234. The van der Waals surface area contributed by atoms with Crippen LogP contribution in [0, 0.1) is 0 Å². The highest BCUT2D eigenvalue weighted by Gasteiger charge is 2.55. The highest BCUT2D eigenvalue weighted by molar-refractivity contribution is 5.03. The van der Waals surface area contributed by atoms with Crippen molar-refractivity contribution in [2.24, 2.45) is 0 Å². The topological polar surface area (TPSA) is 21.8 Å². The molecule has 2 heteroatoms. The molecule has 0 N–H and O–H groups in total. The van der Waals surface area contributed by atoms with Crippen molar-refractivity contribution in [1.82, 2.24) is 0 Å². The van der Waals surface area contributed by atoms with Gasteiger partial charge in [0.1, 0.15) is 0 Å². The molecule has 0 radical (unpaired) electrons. The molecule has 1 aliphatic heterocycles. The Hall–Kier alpha value is -0.0800. The quantitative estimate of drug-likeness (QED) is 0.417. The number of hydrogen-bond donors (Lipinski definition) is 0. The van der Waals surface area contributed by atoms with Crippen LogP contribution in [0.1, 0.15) is 84.5 Å². The monoisotopic (exact) mass is 268 g/mol. The molecule has 0 bridgehead atoms. The summed E-state index contributed by atoms with van der Waals surface area (Å²) in [5, 5.41) is 0. The van der Waals surface area contributed by atoms with E-state index in [4.69, 9.17) is 9.47 Å². The van der Waals surface area contributed by atoms with Gasteiger partial charge in [0.25, 0.3) is 0 Å². The van der Waals surface area contributed by atoms with Crippen LogP contribution < -0.4 is 0 Å². The first-order valence-corrected chi connectivity index (χ1v) is 8.54. The van der Waals surface area contributed by atoms with E-state index in [-0.39, 0.29) is 5.60 Å². The van der Waals surface area contributed by atoms with E-state index in [0.717, 1.165) is 13.0 Å². The molecular weight excluding hydrogens is 236 g/mol. The number of unbranched alkanes of at least 4 members (excludes halogenated alkanes) is 7. The average molecular weight is 268 g/mol. The van der Waals surface area contributed by atoms with Crippen molar-refractivity contribution in [2.75, 3.05) is 6.61 Å². The Morgan fingerprint density at radius 2 is 1.74 bits per heavy atom. The van der Waals surface area contributed by atoms with Gasteiger partial charge in [-0.2, -0.15) is 0 Å². The maximum Gasteiger partial charge on any atom is 0.0922 e. The Morgan fingerprint density at radius 3 is 2.42 bits per heavy atom. The molecule has 3 atom stereocenters. The third-order valence-corrected chi connectivity index (χ3v) is 4.83. The van der Waals surface area contributed by atoms with Gasteiger partial charge in [0.2, 0.25) is 0 Å². The lowest BCUT2D eigenvalue weighted by molar-refractivity contribution is 0.0277. The highest BCUT2D eigenvalue weighted by Crippen LogP contribution is 2.47. The normalized spacial score (nSPS) is 33.2. The minimum atomic E-state index is 0.234. The van der Waals surface area contributed by atoms with Crippen LogP contribution >= 0.6 is 0 Å². The number of fused-ring (bicyclic) bond motifs is 1. The third-order valence-electron chi connectivity index (χ3n) is 4.83. The van der Waals surface area contributed by atoms with Crippen LogP contribution in [0.25, 0.3) is 0 Å². The van der Waals surface area contributed by atoms with E-state index in [1.165, 1.54) is 64.2 Å². The molecule has 0 spiro atoms. The summed E-state index contributed by atoms with van der Waals surface area (Å²) in [7, 11) is 0. The van der Waals surface area contributed by atoms with Gasteiger partial charge in [0.15, 0.2) is 0 Å². The summed E-state index contributed by atoms with van der Waals surface area (Å²) in [6, 6.07) is 0. The van der Waals surface area contributed by atoms with E-state index in [1.54, 1.807) is 0 Å². The number of hydrogen-bond acceptors (Lipinski definition) is 2. The number of epoxide rings is 1. The van der Waals surface area contributed by atoms with Crippen LogP contribution in [-0.4, -0.2) is 24.4 Å². The Balaban J connectivity index is 1.37. The SMILES string of the molecule is CCCCCCCCCCOC1CCC2(C)OC2C1. The van der Waals surface area contributed by atoms with Crippen LogP contribution in [0.15, 0.2) is 0 Å². The lowest BCUT2D eigenvalue weighted by Gasteiger charge is -2.22. The molecule has 0 aromatic rings.